The summed E-state index contributed by atoms with van der Waals surface area (Å²) in [5.74, 6) is 0.318. The van der Waals surface area contributed by atoms with E-state index in [1.165, 1.54) is 4.90 Å². The van der Waals surface area contributed by atoms with E-state index >= 15 is 0 Å². The molecular formula is C18H24N4O3. The zero-order valence-electron chi connectivity index (χ0n) is 15.0. The number of primary amides is 1. The molecule has 2 aliphatic rings. The molecule has 7 heteroatoms. The van der Waals surface area contributed by atoms with Crippen molar-refractivity contribution in [1.82, 2.24) is 4.90 Å². The SMILES string of the molecule is CC1(C)CC(=O)N(C2Cc3cc(C(N)=O)ccc3OC2(C)C)C(N)=N1. The summed E-state index contributed by atoms with van der Waals surface area (Å²) in [4.78, 5) is 30.2. The second kappa shape index (κ2) is 5.47. The number of amides is 2. The van der Waals surface area contributed by atoms with Crippen LogP contribution in [0.2, 0.25) is 0 Å². The second-order valence-electron chi connectivity index (χ2n) is 7.84. The Hall–Kier alpha value is -2.57. The van der Waals surface area contributed by atoms with Crippen molar-refractivity contribution in [2.24, 2.45) is 16.5 Å². The Bertz CT molecular complexity index is 783. The standard InChI is InChI=1S/C18H24N4O3/c1-17(2)9-14(23)22(16(20)21-17)13-8-11-7-10(15(19)24)5-6-12(11)25-18(13,3)4/h5-7,13H,8-9H2,1-4H3,(H2,19,24)(H2,20,21). The molecule has 0 saturated carbocycles. The number of aliphatic imine (C=N–C) groups is 1. The molecule has 3 rings (SSSR count). The van der Waals surface area contributed by atoms with Gasteiger partial charge >= 0.3 is 0 Å². The Labute approximate surface area is 147 Å². The summed E-state index contributed by atoms with van der Waals surface area (Å²) in [5.41, 5.74) is 11.6. The third kappa shape index (κ3) is 3.06. The van der Waals surface area contributed by atoms with Crippen molar-refractivity contribution in [3.8, 4) is 5.75 Å². The largest absolute Gasteiger partial charge is 0.485 e. The second-order valence-corrected chi connectivity index (χ2v) is 7.84. The zero-order valence-corrected chi connectivity index (χ0v) is 15.0. The van der Waals surface area contributed by atoms with Crippen LogP contribution in [0.15, 0.2) is 23.2 Å². The third-order valence-electron chi connectivity index (χ3n) is 4.76. The van der Waals surface area contributed by atoms with Crippen LogP contribution in [-0.2, 0) is 11.2 Å². The molecule has 0 aliphatic carbocycles. The number of hydrogen-bond donors (Lipinski definition) is 2. The Morgan fingerprint density at radius 1 is 1.32 bits per heavy atom. The molecule has 134 valence electrons. The lowest BCUT2D eigenvalue weighted by molar-refractivity contribution is -0.135. The van der Waals surface area contributed by atoms with Crippen LogP contribution in [0.25, 0.3) is 0 Å². The highest BCUT2D eigenvalue weighted by Crippen LogP contribution is 2.37. The van der Waals surface area contributed by atoms with Crippen LogP contribution in [0.4, 0.5) is 0 Å². The molecule has 0 bridgehead atoms. The molecule has 1 aromatic rings. The molecule has 0 aromatic heterocycles. The number of carbonyl (C=O) groups excluding carboxylic acids is 2. The number of nitrogens with zero attached hydrogens (tertiary/aromatic N) is 2. The summed E-state index contributed by atoms with van der Waals surface area (Å²) in [6.07, 6.45) is 0.792. The Morgan fingerprint density at radius 2 is 2.00 bits per heavy atom. The maximum absolute atomic E-state index is 12.7. The van der Waals surface area contributed by atoms with E-state index in [2.05, 4.69) is 4.99 Å². The van der Waals surface area contributed by atoms with Crippen molar-refractivity contribution in [1.29, 1.82) is 0 Å². The van der Waals surface area contributed by atoms with E-state index in [0.29, 0.717) is 17.7 Å². The van der Waals surface area contributed by atoms with E-state index in [1.54, 1.807) is 18.2 Å². The van der Waals surface area contributed by atoms with Crippen molar-refractivity contribution in [3.05, 3.63) is 29.3 Å². The highest BCUT2D eigenvalue weighted by molar-refractivity contribution is 5.99. The van der Waals surface area contributed by atoms with Gasteiger partial charge in [-0.05, 0) is 51.5 Å². The van der Waals surface area contributed by atoms with Gasteiger partial charge in [-0.3, -0.25) is 14.5 Å². The molecule has 2 amide bonds. The highest BCUT2D eigenvalue weighted by Gasteiger charge is 2.46. The van der Waals surface area contributed by atoms with E-state index in [-0.39, 0.29) is 24.3 Å². The Kier molecular flexibility index (Phi) is 3.78. The first-order valence-electron chi connectivity index (χ1n) is 8.29. The van der Waals surface area contributed by atoms with Crippen LogP contribution in [0, 0.1) is 0 Å². The number of guanidine groups is 1. The maximum Gasteiger partial charge on any atom is 0.248 e. The molecule has 0 saturated heterocycles. The minimum Gasteiger partial charge on any atom is -0.485 e. The highest BCUT2D eigenvalue weighted by atomic mass is 16.5. The number of rotatable bonds is 2. The summed E-state index contributed by atoms with van der Waals surface area (Å²) in [5, 5.41) is 0. The smallest absolute Gasteiger partial charge is 0.248 e. The van der Waals surface area contributed by atoms with Crippen molar-refractivity contribution in [3.63, 3.8) is 0 Å². The molecule has 0 spiro atoms. The predicted octanol–water partition coefficient (Wildman–Crippen LogP) is 1.19. The van der Waals surface area contributed by atoms with E-state index in [9.17, 15) is 9.59 Å². The topological polar surface area (TPSA) is 111 Å². The van der Waals surface area contributed by atoms with Crippen molar-refractivity contribution >= 4 is 17.8 Å². The van der Waals surface area contributed by atoms with Gasteiger partial charge in [-0.25, -0.2) is 4.99 Å². The molecule has 1 unspecified atom stereocenters. The maximum atomic E-state index is 12.7. The number of ether oxygens (including phenoxy) is 1. The summed E-state index contributed by atoms with van der Waals surface area (Å²) >= 11 is 0. The lowest BCUT2D eigenvalue weighted by atomic mass is 9.85. The Balaban J connectivity index is 2.01. The van der Waals surface area contributed by atoms with Gasteiger partial charge in [0, 0.05) is 12.0 Å². The predicted molar refractivity (Wildman–Crippen MR) is 94.3 cm³/mol. The monoisotopic (exact) mass is 344 g/mol. The van der Waals surface area contributed by atoms with Crippen molar-refractivity contribution < 1.29 is 14.3 Å². The molecule has 4 N–H and O–H groups in total. The summed E-state index contributed by atoms with van der Waals surface area (Å²) in [7, 11) is 0. The minimum absolute atomic E-state index is 0.0753. The Morgan fingerprint density at radius 3 is 2.60 bits per heavy atom. The summed E-state index contributed by atoms with van der Waals surface area (Å²) in [6.45, 7) is 7.60. The molecule has 1 aromatic carbocycles. The first-order valence-corrected chi connectivity index (χ1v) is 8.29. The van der Waals surface area contributed by atoms with Crippen LogP contribution in [0.1, 0.15) is 50.0 Å². The lowest BCUT2D eigenvalue weighted by Gasteiger charge is -2.47. The van der Waals surface area contributed by atoms with E-state index in [4.69, 9.17) is 16.2 Å². The van der Waals surface area contributed by atoms with Gasteiger partial charge in [0.05, 0.1) is 18.0 Å². The summed E-state index contributed by atoms with van der Waals surface area (Å²) in [6, 6.07) is 4.77. The molecule has 1 atom stereocenters. The van der Waals surface area contributed by atoms with E-state index < -0.39 is 17.0 Å². The average molecular weight is 344 g/mol. The van der Waals surface area contributed by atoms with Gasteiger partial charge in [0.15, 0.2) is 5.96 Å². The van der Waals surface area contributed by atoms with Gasteiger partial charge in [0.2, 0.25) is 11.8 Å². The van der Waals surface area contributed by atoms with Gasteiger partial charge in [0.25, 0.3) is 0 Å². The zero-order chi connectivity index (χ0) is 18.6. The molecule has 25 heavy (non-hydrogen) atoms. The molecular weight excluding hydrogens is 320 g/mol. The van der Waals surface area contributed by atoms with Crippen molar-refractivity contribution in [2.75, 3.05) is 0 Å². The quantitative estimate of drug-likeness (QED) is 0.839. The third-order valence-corrected chi connectivity index (χ3v) is 4.76. The lowest BCUT2D eigenvalue weighted by Crippen LogP contribution is -2.63. The minimum atomic E-state index is -0.654. The van der Waals surface area contributed by atoms with Gasteiger partial charge < -0.3 is 16.2 Å². The number of hydrogen-bond acceptors (Lipinski definition) is 5. The summed E-state index contributed by atoms with van der Waals surface area (Å²) < 4.78 is 6.11. The van der Waals surface area contributed by atoms with E-state index in [1.807, 2.05) is 27.7 Å². The number of nitrogens with two attached hydrogens (primary N) is 2. The first-order chi connectivity index (χ1) is 11.5. The fourth-order valence-corrected chi connectivity index (χ4v) is 3.52. The molecule has 7 nitrogen and oxygen atoms in total. The molecule has 2 aliphatic heterocycles. The fraction of sp³-hybridized carbons (Fsp3) is 0.500. The number of fused-ring (bicyclic) bond motifs is 1. The number of carbonyl (C=O) groups is 2. The van der Waals surface area contributed by atoms with Gasteiger partial charge in [-0.2, -0.15) is 0 Å². The molecule has 0 radical (unpaired) electrons. The van der Waals surface area contributed by atoms with Crippen LogP contribution in [0.3, 0.4) is 0 Å². The normalized spacial score (nSPS) is 24.2. The average Bonchev–Trinajstić information content (AvgIpc) is 2.44. The van der Waals surface area contributed by atoms with Crippen LogP contribution in [-0.4, -0.2) is 39.9 Å². The molecule has 0 fully saturated rings. The van der Waals surface area contributed by atoms with Crippen LogP contribution >= 0.6 is 0 Å². The van der Waals surface area contributed by atoms with Gasteiger partial charge in [0.1, 0.15) is 11.4 Å². The van der Waals surface area contributed by atoms with E-state index in [0.717, 1.165) is 5.56 Å². The first kappa shape index (κ1) is 17.3. The van der Waals surface area contributed by atoms with Crippen LogP contribution in [0.5, 0.6) is 5.75 Å². The van der Waals surface area contributed by atoms with Gasteiger partial charge in [-0.15, -0.1) is 0 Å². The molecule has 2 heterocycles. The number of benzene rings is 1. The van der Waals surface area contributed by atoms with Crippen LogP contribution < -0.4 is 16.2 Å². The fourth-order valence-electron chi connectivity index (χ4n) is 3.52. The van der Waals surface area contributed by atoms with Crippen molar-refractivity contribution in [2.45, 2.75) is 57.7 Å². The van der Waals surface area contributed by atoms with Gasteiger partial charge in [-0.1, -0.05) is 0 Å².